The average molecular weight is 337 g/mol. The topological polar surface area (TPSA) is 49.6 Å². The molecule has 5 nitrogen and oxygen atoms in total. The molecule has 0 radical (unpaired) electrons. The van der Waals surface area contributed by atoms with Gasteiger partial charge in [-0.25, -0.2) is 4.98 Å². The van der Waals surface area contributed by atoms with Gasteiger partial charge in [-0.15, -0.1) is 12.4 Å². The second kappa shape index (κ2) is 7.90. The number of aryl methyl sites for hydroxylation is 1. The van der Waals surface area contributed by atoms with Crippen LogP contribution in [0.5, 0.6) is 0 Å². The van der Waals surface area contributed by atoms with Crippen LogP contribution in [0.1, 0.15) is 24.1 Å². The van der Waals surface area contributed by atoms with Gasteiger partial charge in [-0.05, 0) is 57.5 Å². The van der Waals surface area contributed by atoms with Crippen LogP contribution in [0.15, 0.2) is 29.2 Å². The van der Waals surface area contributed by atoms with Gasteiger partial charge in [0.1, 0.15) is 5.65 Å². The Balaban J connectivity index is 0.00000192. The summed E-state index contributed by atoms with van der Waals surface area (Å²) in [6.45, 7) is 5.99. The largest absolute Gasteiger partial charge is 0.319 e. The number of likely N-dealkylation sites (tertiary alicyclic amines) is 1. The Hall–Kier alpha value is -1.43. The van der Waals surface area contributed by atoms with Gasteiger partial charge in [0.25, 0.3) is 5.56 Å². The van der Waals surface area contributed by atoms with Gasteiger partial charge in [0.2, 0.25) is 0 Å². The van der Waals surface area contributed by atoms with E-state index in [1.54, 1.807) is 16.7 Å². The van der Waals surface area contributed by atoms with Crippen molar-refractivity contribution in [2.75, 3.05) is 26.7 Å². The van der Waals surface area contributed by atoms with Gasteiger partial charge in [-0.3, -0.25) is 14.1 Å². The van der Waals surface area contributed by atoms with Crippen LogP contribution >= 0.6 is 12.4 Å². The highest BCUT2D eigenvalue weighted by molar-refractivity contribution is 5.85. The van der Waals surface area contributed by atoms with Gasteiger partial charge in [0.05, 0.1) is 5.69 Å². The van der Waals surface area contributed by atoms with E-state index in [0.29, 0.717) is 5.92 Å². The first-order chi connectivity index (χ1) is 10.7. The maximum Gasteiger partial charge on any atom is 0.258 e. The summed E-state index contributed by atoms with van der Waals surface area (Å²) in [7, 11) is 2.01. The van der Waals surface area contributed by atoms with Gasteiger partial charge >= 0.3 is 0 Å². The molecular formula is C17H25ClN4O. The molecule has 23 heavy (non-hydrogen) atoms. The third-order valence-corrected chi connectivity index (χ3v) is 4.42. The molecule has 1 atom stereocenters. The first-order valence-electron chi connectivity index (χ1n) is 8.02. The zero-order valence-corrected chi connectivity index (χ0v) is 14.6. The van der Waals surface area contributed by atoms with Crippen LogP contribution in [0.2, 0.25) is 0 Å². The third-order valence-electron chi connectivity index (χ3n) is 4.42. The summed E-state index contributed by atoms with van der Waals surface area (Å²) in [6.07, 6.45) is 4.29. The van der Waals surface area contributed by atoms with Crippen LogP contribution < -0.4 is 10.9 Å². The summed E-state index contributed by atoms with van der Waals surface area (Å²) < 4.78 is 1.62. The highest BCUT2D eigenvalue weighted by atomic mass is 35.5. The summed E-state index contributed by atoms with van der Waals surface area (Å²) in [5, 5.41) is 3.27. The summed E-state index contributed by atoms with van der Waals surface area (Å²) in [5.41, 5.74) is 2.69. The molecule has 0 amide bonds. The minimum atomic E-state index is 0. The molecule has 126 valence electrons. The van der Waals surface area contributed by atoms with Crippen molar-refractivity contribution >= 4 is 18.1 Å². The molecule has 1 saturated heterocycles. The lowest BCUT2D eigenvalue weighted by atomic mass is 9.98. The Morgan fingerprint density at radius 2 is 2.26 bits per heavy atom. The molecule has 0 spiro atoms. The molecule has 2 aromatic heterocycles. The van der Waals surface area contributed by atoms with Crippen LogP contribution in [0, 0.1) is 12.8 Å². The number of pyridine rings is 1. The van der Waals surface area contributed by atoms with Crippen LogP contribution in [0.25, 0.3) is 5.65 Å². The van der Waals surface area contributed by atoms with E-state index in [1.807, 2.05) is 26.1 Å². The Bertz CT molecular complexity index is 713. The van der Waals surface area contributed by atoms with Crippen LogP contribution in [-0.2, 0) is 6.54 Å². The maximum atomic E-state index is 12.3. The second-order valence-electron chi connectivity index (χ2n) is 6.27. The monoisotopic (exact) mass is 336 g/mol. The molecule has 1 aliphatic heterocycles. The van der Waals surface area contributed by atoms with E-state index in [4.69, 9.17) is 4.98 Å². The van der Waals surface area contributed by atoms with Crippen molar-refractivity contribution in [2.45, 2.75) is 26.3 Å². The van der Waals surface area contributed by atoms with E-state index >= 15 is 0 Å². The van der Waals surface area contributed by atoms with E-state index < -0.39 is 0 Å². The molecule has 1 aliphatic rings. The summed E-state index contributed by atoms with van der Waals surface area (Å²) in [5.74, 6) is 0.696. The van der Waals surface area contributed by atoms with Crippen molar-refractivity contribution < 1.29 is 0 Å². The Labute approximate surface area is 143 Å². The fourth-order valence-electron chi connectivity index (χ4n) is 3.37. The molecule has 1 N–H and O–H groups in total. The number of nitrogens with one attached hydrogen (secondary N) is 1. The van der Waals surface area contributed by atoms with Crippen LogP contribution in [-0.4, -0.2) is 41.0 Å². The standard InChI is InChI=1S/C17H24N4O.ClH/c1-13-5-3-8-21-16(22)9-15(19-17(13)21)12-20-7-4-6-14(11-20)10-18-2;/h3,5,8-9,14,18H,4,6-7,10-12H2,1-2H3;1H. The van der Waals surface area contributed by atoms with E-state index in [1.165, 1.54) is 12.8 Å². The van der Waals surface area contributed by atoms with Crippen LogP contribution in [0.4, 0.5) is 0 Å². The highest BCUT2D eigenvalue weighted by Gasteiger charge is 2.20. The minimum absolute atomic E-state index is 0. The fraction of sp³-hybridized carbons (Fsp3) is 0.529. The first kappa shape index (κ1) is 17.9. The van der Waals surface area contributed by atoms with Crippen molar-refractivity contribution in [1.29, 1.82) is 0 Å². The second-order valence-corrected chi connectivity index (χ2v) is 6.27. The van der Waals surface area contributed by atoms with Gasteiger partial charge in [-0.2, -0.15) is 0 Å². The molecule has 0 saturated carbocycles. The predicted molar refractivity (Wildman–Crippen MR) is 95.4 cm³/mol. The summed E-state index contributed by atoms with van der Waals surface area (Å²) in [6, 6.07) is 5.56. The maximum absolute atomic E-state index is 12.3. The molecule has 0 bridgehead atoms. The number of rotatable bonds is 4. The van der Waals surface area contributed by atoms with Crippen molar-refractivity contribution in [3.63, 3.8) is 0 Å². The molecule has 0 aromatic carbocycles. The molecule has 0 aliphatic carbocycles. The number of hydrogen-bond acceptors (Lipinski definition) is 4. The Morgan fingerprint density at radius 1 is 1.43 bits per heavy atom. The highest BCUT2D eigenvalue weighted by Crippen LogP contribution is 2.17. The van der Waals surface area contributed by atoms with Crippen LogP contribution in [0.3, 0.4) is 0 Å². The number of aromatic nitrogens is 2. The lowest BCUT2D eigenvalue weighted by Crippen LogP contribution is -2.39. The lowest BCUT2D eigenvalue weighted by molar-refractivity contribution is 0.165. The predicted octanol–water partition coefficient (Wildman–Crippen LogP) is 1.86. The SMILES string of the molecule is CNCC1CCCN(Cc2cc(=O)n3cccc(C)c3n2)C1.Cl. The van der Waals surface area contributed by atoms with E-state index in [2.05, 4.69) is 10.2 Å². The van der Waals surface area contributed by atoms with E-state index in [9.17, 15) is 4.79 Å². The quantitative estimate of drug-likeness (QED) is 0.926. The normalized spacial score (nSPS) is 18.8. The third kappa shape index (κ3) is 4.10. The Kier molecular flexibility index (Phi) is 6.16. The van der Waals surface area contributed by atoms with Gasteiger partial charge in [-0.1, -0.05) is 6.07 Å². The number of hydrogen-bond donors (Lipinski definition) is 1. The fourth-order valence-corrected chi connectivity index (χ4v) is 3.37. The number of fused-ring (bicyclic) bond motifs is 1. The van der Waals surface area contributed by atoms with Crippen molar-refractivity contribution in [2.24, 2.45) is 5.92 Å². The molecule has 3 heterocycles. The van der Waals surface area contributed by atoms with E-state index in [-0.39, 0.29) is 18.0 Å². The summed E-state index contributed by atoms with van der Waals surface area (Å²) >= 11 is 0. The van der Waals surface area contributed by atoms with Crippen molar-refractivity contribution in [1.82, 2.24) is 19.6 Å². The van der Waals surface area contributed by atoms with Crippen molar-refractivity contribution in [3.05, 3.63) is 46.0 Å². The van der Waals surface area contributed by atoms with Crippen molar-refractivity contribution in [3.8, 4) is 0 Å². The van der Waals surface area contributed by atoms with Gasteiger partial charge in [0, 0.05) is 25.4 Å². The summed E-state index contributed by atoms with van der Waals surface area (Å²) in [4.78, 5) is 19.4. The number of halogens is 1. The van der Waals surface area contributed by atoms with Gasteiger partial charge in [0.15, 0.2) is 0 Å². The lowest BCUT2D eigenvalue weighted by Gasteiger charge is -2.32. The average Bonchev–Trinajstić information content (AvgIpc) is 2.49. The number of nitrogens with zero attached hydrogens (tertiary/aromatic N) is 3. The molecule has 2 aromatic rings. The molecule has 1 fully saturated rings. The molecule has 3 rings (SSSR count). The smallest absolute Gasteiger partial charge is 0.258 e. The zero-order chi connectivity index (χ0) is 15.5. The zero-order valence-electron chi connectivity index (χ0n) is 13.8. The van der Waals surface area contributed by atoms with Gasteiger partial charge < -0.3 is 5.32 Å². The number of piperidine rings is 1. The first-order valence-corrected chi connectivity index (χ1v) is 8.02. The Morgan fingerprint density at radius 3 is 3.04 bits per heavy atom. The minimum Gasteiger partial charge on any atom is -0.319 e. The molecule has 1 unspecified atom stereocenters. The molecule has 6 heteroatoms. The molecular weight excluding hydrogens is 312 g/mol. The van der Waals surface area contributed by atoms with E-state index in [0.717, 1.165) is 43.1 Å².